The summed E-state index contributed by atoms with van der Waals surface area (Å²) in [7, 11) is -3.46. The van der Waals surface area contributed by atoms with Crippen molar-refractivity contribution >= 4 is 13.8 Å². The first kappa shape index (κ1) is 19.2. The van der Waals surface area contributed by atoms with Crippen LogP contribution in [0.15, 0.2) is 34.0 Å². The number of allylic oxidation sites excluding steroid dienone is 1. The Kier molecular flexibility index (Phi) is 5.36. The molecule has 1 heterocycles. The number of aromatic nitrogens is 2. The summed E-state index contributed by atoms with van der Waals surface area (Å²) in [6, 6.07) is 0.837. The maximum absolute atomic E-state index is 12.2. The van der Waals surface area contributed by atoms with E-state index in [0.717, 1.165) is 7.11 Å². The first-order valence-electron chi connectivity index (χ1n) is 7.34. The number of hydrogen-bond donors (Lipinski definition) is 2. The molecule has 3 atom stereocenters. The Hall–Kier alpha value is -2.16. The lowest BCUT2D eigenvalue weighted by molar-refractivity contribution is -0.0172. The fraction of sp³-hybridized carbons (Fsp3) is 0.500. The molecular formula is C14H19N2O8P. The molecule has 0 bridgehead atoms. The smallest absolute Gasteiger partial charge is 0.437 e. The summed E-state index contributed by atoms with van der Waals surface area (Å²) in [5.74, 6) is 0. The molecule has 10 nitrogen and oxygen atoms in total. The highest BCUT2D eigenvalue weighted by Crippen LogP contribution is 2.56. The van der Waals surface area contributed by atoms with Crippen molar-refractivity contribution in [2.45, 2.75) is 37.8 Å². The van der Waals surface area contributed by atoms with Gasteiger partial charge in [-0.05, 0) is 13.8 Å². The molecule has 0 radical (unpaired) electrons. The van der Waals surface area contributed by atoms with Gasteiger partial charge in [-0.1, -0.05) is 12.2 Å². The average Bonchev–Trinajstić information content (AvgIpc) is 2.93. The van der Waals surface area contributed by atoms with Crippen LogP contribution >= 0.6 is 7.60 Å². The molecule has 0 fully saturated rings. The number of rotatable bonds is 5. The van der Waals surface area contributed by atoms with Crippen LogP contribution in [0.5, 0.6) is 0 Å². The highest BCUT2D eigenvalue weighted by atomic mass is 31.2. The lowest BCUT2D eigenvalue weighted by Gasteiger charge is -2.31. The van der Waals surface area contributed by atoms with Crippen LogP contribution in [-0.4, -0.2) is 39.2 Å². The van der Waals surface area contributed by atoms with Gasteiger partial charge in [-0.3, -0.25) is 14.3 Å². The van der Waals surface area contributed by atoms with Gasteiger partial charge < -0.3 is 18.9 Å². The molecule has 25 heavy (non-hydrogen) atoms. The van der Waals surface area contributed by atoms with Gasteiger partial charge in [0.1, 0.15) is 0 Å². The number of carbonyl (C=O) groups is 1. The van der Waals surface area contributed by atoms with E-state index >= 15 is 0 Å². The molecule has 0 spiro atoms. The second-order valence-electron chi connectivity index (χ2n) is 5.87. The van der Waals surface area contributed by atoms with Gasteiger partial charge in [0.2, 0.25) is 0 Å². The van der Waals surface area contributed by atoms with E-state index in [1.165, 1.54) is 30.7 Å². The highest BCUT2D eigenvalue weighted by Gasteiger charge is 2.47. The van der Waals surface area contributed by atoms with Crippen LogP contribution in [0.1, 0.15) is 26.3 Å². The zero-order chi connectivity index (χ0) is 18.8. The van der Waals surface area contributed by atoms with Gasteiger partial charge >= 0.3 is 19.4 Å². The van der Waals surface area contributed by atoms with Gasteiger partial charge in [-0.2, -0.15) is 0 Å². The van der Waals surface area contributed by atoms with E-state index in [1.54, 1.807) is 12.2 Å². The third kappa shape index (κ3) is 4.28. The summed E-state index contributed by atoms with van der Waals surface area (Å²) in [4.78, 5) is 46.1. The topological polar surface area (TPSA) is 137 Å². The van der Waals surface area contributed by atoms with Gasteiger partial charge in [0.25, 0.3) is 5.56 Å². The molecule has 11 heteroatoms. The Morgan fingerprint density at radius 3 is 2.68 bits per heavy atom. The van der Waals surface area contributed by atoms with Gasteiger partial charge in [-0.25, -0.2) is 14.2 Å². The molecule has 2 N–H and O–H groups in total. The predicted octanol–water partition coefficient (Wildman–Crippen LogP) is 1.13. The van der Waals surface area contributed by atoms with E-state index in [9.17, 15) is 23.8 Å². The third-order valence-electron chi connectivity index (χ3n) is 3.72. The van der Waals surface area contributed by atoms with Gasteiger partial charge in [0.15, 0.2) is 5.34 Å². The number of carbonyl (C=O) groups excluding carboxylic acids is 1. The minimum Gasteiger partial charge on any atom is -0.437 e. The molecule has 1 aliphatic carbocycles. The number of aromatic amines is 1. The Balaban J connectivity index is 2.08. The molecule has 1 aliphatic rings. The van der Waals surface area contributed by atoms with E-state index in [1.807, 2.05) is 0 Å². The summed E-state index contributed by atoms with van der Waals surface area (Å²) in [6.07, 6.45) is 3.09. The fourth-order valence-electron chi connectivity index (χ4n) is 2.31. The lowest BCUT2D eigenvalue weighted by Crippen LogP contribution is -2.33. The van der Waals surface area contributed by atoms with E-state index in [-0.39, 0.29) is 6.04 Å². The van der Waals surface area contributed by atoms with Crippen LogP contribution in [0.2, 0.25) is 0 Å². The van der Waals surface area contributed by atoms with Crippen molar-refractivity contribution in [2.24, 2.45) is 0 Å². The van der Waals surface area contributed by atoms with E-state index in [4.69, 9.17) is 4.74 Å². The number of nitrogens with zero attached hydrogens (tertiary/aromatic N) is 1. The van der Waals surface area contributed by atoms with Crippen LogP contribution in [0.3, 0.4) is 0 Å². The molecule has 1 aromatic heterocycles. The predicted molar refractivity (Wildman–Crippen MR) is 86.4 cm³/mol. The Morgan fingerprint density at radius 1 is 1.40 bits per heavy atom. The van der Waals surface area contributed by atoms with Crippen LogP contribution in [0, 0.1) is 0 Å². The molecule has 1 unspecified atom stereocenters. The molecule has 0 saturated heterocycles. The van der Waals surface area contributed by atoms with Crippen molar-refractivity contribution < 1.29 is 28.3 Å². The van der Waals surface area contributed by atoms with Crippen LogP contribution < -0.4 is 11.2 Å². The standard InChI is InChI=1S/C14H19N2O8P/c1-14(2,25(20,21)24-13(19)22-3)23-10-5-4-9(8-10)16-7-6-11(17)15-12(16)18/h4-7,9-10H,8H2,1-3H3,(H,20,21)(H,15,17,18)/t9-,10+/m0/s1. The van der Waals surface area contributed by atoms with E-state index in [2.05, 4.69) is 14.2 Å². The Bertz CT molecular complexity index is 840. The first-order chi connectivity index (χ1) is 11.6. The lowest BCUT2D eigenvalue weighted by atomic mass is 10.2. The average molecular weight is 374 g/mol. The zero-order valence-corrected chi connectivity index (χ0v) is 14.8. The second kappa shape index (κ2) is 6.99. The van der Waals surface area contributed by atoms with Gasteiger partial charge in [0, 0.05) is 18.7 Å². The molecule has 0 aliphatic heterocycles. The minimum atomic E-state index is -4.48. The normalized spacial score (nSPS) is 22.4. The SMILES string of the molecule is COC(=O)OP(=O)(O)C(C)(C)O[C@@H]1C=C[C@H](n2ccc(=O)[nH]c2=O)C1. The summed E-state index contributed by atoms with van der Waals surface area (Å²) in [6.45, 7) is 2.62. The van der Waals surface area contributed by atoms with Crippen molar-refractivity contribution in [3.8, 4) is 0 Å². The summed E-state index contributed by atoms with van der Waals surface area (Å²) in [5, 5.41) is -1.69. The largest absolute Gasteiger partial charge is 0.514 e. The molecule has 0 aromatic carbocycles. The van der Waals surface area contributed by atoms with Crippen molar-refractivity contribution in [3.05, 3.63) is 45.3 Å². The van der Waals surface area contributed by atoms with Gasteiger partial charge in [0.05, 0.1) is 19.3 Å². The first-order valence-corrected chi connectivity index (χ1v) is 8.91. The number of nitrogens with one attached hydrogen (secondary N) is 1. The van der Waals surface area contributed by atoms with Crippen molar-refractivity contribution in [2.75, 3.05) is 7.11 Å². The molecule has 138 valence electrons. The Labute approximate surface area is 142 Å². The number of hydrogen-bond acceptors (Lipinski definition) is 7. The maximum atomic E-state index is 12.2. The fourth-order valence-corrected chi connectivity index (χ4v) is 3.08. The maximum Gasteiger partial charge on any atom is 0.514 e. The monoisotopic (exact) mass is 374 g/mol. The summed E-state index contributed by atoms with van der Waals surface area (Å²) >= 11 is 0. The molecule has 2 rings (SSSR count). The van der Waals surface area contributed by atoms with Crippen LogP contribution in [0.25, 0.3) is 0 Å². The molecule has 0 saturated carbocycles. The van der Waals surface area contributed by atoms with E-state index < -0.39 is 36.4 Å². The van der Waals surface area contributed by atoms with Crippen molar-refractivity contribution in [1.82, 2.24) is 9.55 Å². The number of methoxy groups -OCH3 is 1. The minimum absolute atomic E-state index is 0.299. The van der Waals surface area contributed by atoms with Crippen LogP contribution in [0.4, 0.5) is 4.79 Å². The van der Waals surface area contributed by atoms with Gasteiger partial charge in [-0.15, -0.1) is 0 Å². The summed E-state index contributed by atoms with van der Waals surface area (Å²) in [5.41, 5.74) is -1.07. The number of ether oxygens (including phenoxy) is 2. The van der Waals surface area contributed by atoms with E-state index in [0.29, 0.717) is 6.42 Å². The quantitative estimate of drug-likeness (QED) is 0.444. The van der Waals surface area contributed by atoms with Crippen molar-refractivity contribution in [3.63, 3.8) is 0 Å². The molecular weight excluding hydrogens is 355 g/mol. The van der Waals surface area contributed by atoms with Crippen LogP contribution in [-0.2, 0) is 18.6 Å². The molecule has 0 amide bonds. The van der Waals surface area contributed by atoms with Crippen molar-refractivity contribution in [1.29, 1.82) is 0 Å². The molecule has 1 aromatic rings. The zero-order valence-electron chi connectivity index (χ0n) is 13.9. The Morgan fingerprint density at radius 2 is 2.08 bits per heavy atom. The third-order valence-corrected chi connectivity index (χ3v) is 5.58. The summed E-state index contributed by atoms with van der Waals surface area (Å²) < 4.78 is 27.8. The number of H-pyrrole nitrogens is 1. The second-order valence-corrected chi connectivity index (χ2v) is 8.17. The highest BCUT2D eigenvalue weighted by molar-refractivity contribution is 7.54.